The van der Waals surface area contributed by atoms with Crippen molar-refractivity contribution >= 4 is 29.9 Å². The molecule has 0 aromatic carbocycles. The number of nitrogens with zero attached hydrogens (tertiary/aromatic N) is 3. The lowest BCUT2D eigenvalue weighted by atomic mass is 10.2. The van der Waals surface area contributed by atoms with Gasteiger partial charge >= 0.3 is 0 Å². The molecule has 134 valence electrons. The van der Waals surface area contributed by atoms with E-state index in [4.69, 9.17) is 4.74 Å². The van der Waals surface area contributed by atoms with Gasteiger partial charge in [-0.15, -0.1) is 24.0 Å². The van der Waals surface area contributed by atoms with E-state index in [0.717, 1.165) is 44.3 Å². The summed E-state index contributed by atoms with van der Waals surface area (Å²) in [5.41, 5.74) is 2.28. The highest BCUT2D eigenvalue weighted by atomic mass is 127. The van der Waals surface area contributed by atoms with Crippen LogP contribution in [0.25, 0.3) is 0 Å². The summed E-state index contributed by atoms with van der Waals surface area (Å²) in [6.07, 6.45) is 1.01. The number of ether oxygens (including phenoxy) is 1. The molecule has 0 aliphatic heterocycles. The monoisotopic (exact) mass is 437 g/mol. The van der Waals surface area contributed by atoms with Crippen LogP contribution in [0.2, 0.25) is 0 Å². The maximum absolute atomic E-state index is 5.53. The molecule has 1 rings (SSSR count). The van der Waals surface area contributed by atoms with Gasteiger partial charge in [-0.05, 0) is 32.3 Å². The summed E-state index contributed by atoms with van der Waals surface area (Å²) in [5.74, 6) is 1.40. The lowest BCUT2D eigenvalue weighted by Crippen LogP contribution is -2.39. The Bertz CT molecular complexity index is 459. The Balaban J connectivity index is 0.00000484. The molecule has 7 heteroatoms. The summed E-state index contributed by atoms with van der Waals surface area (Å²) in [6, 6.07) is 2.10. The fourth-order valence-corrected chi connectivity index (χ4v) is 2.12. The van der Waals surface area contributed by atoms with E-state index in [0.29, 0.717) is 12.5 Å². The molecule has 2 N–H and O–H groups in total. The van der Waals surface area contributed by atoms with Crippen molar-refractivity contribution < 1.29 is 4.74 Å². The van der Waals surface area contributed by atoms with Gasteiger partial charge in [-0.25, -0.2) is 0 Å². The number of rotatable bonds is 9. The first-order chi connectivity index (χ1) is 10.5. The zero-order valence-electron chi connectivity index (χ0n) is 15.1. The molecule has 23 heavy (non-hydrogen) atoms. The normalized spacial score (nSPS) is 11.5. The van der Waals surface area contributed by atoms with Crippen LogP contribution >= 0.6 is 24.0 Å². The molecule has 0 atom stereocenters. The maximum atomic E-state index is 5.53. The standard InChI is InChI=1S/C16H31N5O.HI/c1-13(2)12-22-10-8-19-16(17-5)18-7-6-9-21-15(4)11-14(3)20-21;/h11,13H,6-10,12H2,1-5H3,(H2,17,18,19);1H. The first-order valence-corrected chi connectivity index (χ1v) is 8.06. The molecule has 1 aromatic rings. The summed E-state index contributed by atoms with van der Waals surface area (Å²) < 4.78 is 7.58. The van der Waals surface area contributed by atoms with E-state index in [-0.39, 0.29) is 24.0 Å². The quantitative estimate of drug-likeness (QED) is 0.270. The minimum Gasteiger partial charge on any atom is -0.379 e. The SMILES string of the molecule is CN=C(NCCCn1nc(C)cc1C)NCCOCC(C)C.I. The van der Waals surface area contributed by atoms with Gasteiger partial charge in [0.25, 0.3) is 0 Å². The fraction of sp³-hybridized carbons (Fsp3) is 0.750. The van der Waals surface area contributed by atoms with E-state index in [1.807, 2.05) is 11.6 Å². The molecule has 0 spiro atoms. The summed E-state index contributed by atoms with van der Waals surface area (Å²) in [4.78, 5) is 4.20. The van der Waals surface area contributed by atoms with Gasteiger partial charge in [-0.3, -0.25) is 9.67 Å². The van der Waals surface area contributed by atoms with Crippen molar-refractivity contribution in [2.75, 3.05) is 33.4 Å². The van der Waals surface area contributed by atoms with Gasteiger partial charge in [0.1, 0.15) is 0 Å². The summed E-state index contributed by atoms with van der Waals surface area (Å²) in [7, 11) is 1.78. The van der Waals surface area contributed by atoms with Gasteiger partial charge in [0, 0.05) is 39.0 Å². The number of hydrogen-bond acceptors (Lipinski definition) is 3. The molecule has 1 heterocycles. The Morgan fingerprint density at radius 1 is 1.30 bits per heavy atom. The summed E-state index contributed by atoms with van der Waals surface area (Å²) in [6.45, 7) is 12.5. The van der Waals surface area contributed by atoms with Gasteiger partial charge in [0.15, 0.2) is 5.96 Å². The zero-order chi connectivity index (χ0) is 16.4. The molecule has 0 fully saturated rings. The first-order valence-electron chi connectivity index (χ1n) is 8.06. The van der Waals surface area contributed by atoms with E-state index in [1.54, 1.807) is 7.05 Å². The molecule has 0 saturated heterocycles. The average molecular weight is 437 g/mol. The van der Waals surface area contributed by atoms with Crippen LogP contribution in [0.3, 0.4) is 0 Å². The Morgan fingerprint density at radius 3 is 2.57 bits per heavy atom. The third kappa shape index (κ3) is 9.80. The lowest BCUT2D eigenvalue weighted by Gasteiger charge is -2.13. The molecule has 6 nitrogen and oxygen atoms in total. The van der Waals surface area contributed by atoms with Crippen LogP contribution in [-0.4, -0.2) is 49.1 Å². The second-order valence-electron chi connectivity index (χ2n) is 5.90. The van der Waals surface area contributed by atoms with Crippen LogP contribution in [0, 0.1) is 19.8 Å². The van der Waals surface area contributed by atoms with Crippen molar-refractivity contribution in [2.45, 2.75) is 40.7 Å². The van der Waals surface area contributed by atoms with Crippen molar-refractivity contribution in [3.63, 3.8) is 0 Å². The van der Waals surface area contributed by atoms with Crippen molar-refractivity contribution in [3.8, 4) is 0 Å². The van der Waals surface area contributed by atoms with Crippen molar-refractivity contribution in [3.05, 3.63) is 17.5 Å². The lowest BCUT2D eigenvalue weighted by molar-refractivity contribution is 0.114. The molecular formula is C16H32IN5O. The van der Waals surface area contributed by atoms with E-state index >= 15 is 0 Å². The molecule has 0 amide bonds. The number of nitrogens with one attached hydrogen (secondary N) is 2. The number of guanidine groups is 1. The topological polar surface area (TPSA) is 63.5 Å². The van der Waals surface area contributed by atoms with E-state index in [2.05, 4.69) is 47.6 Å². The summed E-state index contributed by atoms with van der Waals surface area (Å²) >= 11 is 0. The number of hydrogen-bond donors (Lipinski definition) is 2. The predicted molar refractivity (Wildman–Crippen MR) is 107 cm³/mol. The molecule has 0 unspecified atom stereocenters. The number of aryl methyl sites for hydroxylation is 3. The maximum Gasteiger partial charge on any atom is 0.191 e. The highest BCUT2D eigenvalue weighted by molar-refractivity contribution is 14.0. The third-order valence-corrected chi connectivity index (χ3v) is 3.16. The van der Waals surface area contributed by atoms with Crippen LogP contribution in [-0.2, 0) is 11.3 Å². The minimum atomic E-state index is 0. The Kier molecular flexibility index (Phi) is 12.1. The van der Waals surface area contributed by atoms with Gasteiger partial charge in [0.05, 0.1) is 12.3 Å². The van der Waals surface area contributed by atoms with Crippen molar-refractivity contribution in [1.82, 2.24) is 20.4 Å². The van der Waals surface area contributed by atoms with Crippen molar-refractivity contribution in [2.24, 2.45) is 10.9 Å². The van der Waals surface area contributed by atoms with Crippen LogP contribution in [0.15, 0.2) is 11.1 Å². The van der Waals surface area contributed by atoms with Crippen LogP contribution in [0.4, 0.5) is 0 Å². The molecule has 0 radical (unpaired) electrons. The Labute approximate surface area is 157 Å². The summed E-state index contributed by atoms with van der Waals surface area (Å²) in [5, 5.41) is 11.0. The molecule has 0 bridgehead atoms. The molecular weight excluding hydrogens is 405 g/mol. The van der Waals surface area contributed by atoms with Gasteiger partial charge in [-0.2, -0.15) is 5.10 Å². The van der Waals surface area contributed by atoms with Crippen LogP contribution in [0.1, 0.15) is 31.7 Å². The molecule has 0 saturated carbocycles. The van der Waals surface area contributed by atoms with Crippen molar-refractivity contribution in [1.29, 1.82) is 0 Å². The largest absolute Gasteiger partial charge is 0.379 e. The number of aliphatic imine (C=N–C) groups is 1. The van der Waals surface area contributed by atoms with Gasteiger partial charge < -0.3 is 15.4 Å². The number of halogens is 1. The van der Waals surface area contributed by atoms with E-state index < -0.39 is 0 Å². The van der Waals surface area contributed by atoms with Gasteiger partial charge in [0.2, 0.25) is 0 Å². The highest BCUT2D eigenvalue weighted by Gasteiger charge is 2.01. The van der Waals surface area contributed by atoms with Crippen LogP contribution in [0.5, 0.6) is 0 Å². The average Bonchev–Trinajstić information content (AvgIpc) is 2.78. The van der Waals surface area contributed by atoms with E-state index in [9.17, 15) is 0 Å². The van der Waals surface area contributed by atoms with Gasteiger partial charge in [-0.1, -0.05) is 13.8 Å². The van der Waals surface area contributed by atoms with Crippen LogP contribution < -0.4 is 10.6 Å². The molecule has 0 aliphatic carbocycles. The number of aromatic nitrogens is 2. The third-order valence-electron chi connectivity index (χ3n) is 3.16. The zero-order valence-corrected chi connectivity index (χ0v) is 17.4. The molecule has 1 aromatic heterocycles. The second kappa shape index (κ2) is 12.6. The first kappa shape index (κ1) is 22.2. The minimum absolute atomic E-state index is 0. The fourth-order valence-electron chi connectivity index (χ4n) is 2.12. The highest BCUT2D eigenvalue weighted by Crippen LogP contribution is 2.02. The Hall–Kier alpha value is -0.830. The van der Waals surface area contributed by atoms with E-state index in [1.165, 1.54) is 5.69 Å². The predicted octanol–water partition coefficient (Wildman–Crippen LogP) is 2.35. The second-order valence-corrected chi connectivity index (χ2v) is 5.90. The smallest absolute Gasteiger partial charge is 0.191 e. The molecule has 0 aliphatic rings. The Morgan fingerprint density at radius 2 is 2.00 bits per heavy atom.